The number of ether oxygens (including phenoxy) is 2. The van der Waals surface area contributed by atoms with Crippen LogP contribution >= 0.6 is 35.9 Å². The number of halogens is 2. The van der Waals surface area contributed by atoms with E-state index in [0.29, 0.717) is 23.0 Å². The van der Waals surface area contributed by atoms with Gasteiger partial charge in [-0.15, -0.1) is 0 Å². The molecule has 0 radical (unpaired) electrons. The Morgan fingerprint density at radius 3 is 1.24 bits per heavy atom. The Morgan fingerprint density at radius 1 is 0.600 bits per heavy atom. The molecule has 0 bridgehead atoms. The van der Waals surface area contributed by atoms with Crippen LogP contribution in [0.15, 0.2) is 60.7 Å². The fourth-order valence-corrected chi connectivity index (χ4v) is 6.61. The molecule has 0 atom stereocenters. The van der Waals surface area contributed by atoms with Crippen molar-refractivity contribution in [3.63, 3.8) is 0 Å². The lowest BCUT2D eigenvalue weighted by Crippen LogP contribution is -2.02. The molecule has 0 saturated heterocycles. The summed E-state index contributed by atoms with van der Waals surface area (Å²) in [6, 6.07) is 18.8. The van der Waals surface area contributed by atoms with Gasteiger partial charge in [0.25, 0.3) is 5.85 Å². The van der Waals surface area contributed by atoms with Crippen molar-refractivity contribution in [3.05, 3.63) is 116 Å². The molecule has 12 heteroatoms. The molecule has 0 spiro atoms. The molecule has 4 aromatic carbocycles. The average molecular weight is 766 g/mol. The Labute approximate surface area is 305 Å². The summed E-state index contributed by atoms with van der Waals surface area (Å²) in [6.07, 6.45) is 0.656. The van der Waals surface area contributed by atoms with E-state index < -0.39 is 19.8 Å². The molecule has 0 amide bonds. The Hall–Kier alpha value is -2.96. The minimum Gasteiger partial charge on any atom is -0.508 e. The van der Waals surface area contributed by atoms with Crippen molar-refractivity contribution < 1.29 is 38.6 Å². The molecule has 0 unspecified atom stereocenters. The van der Waals surface area contributed by atoms with Crippen molar-refractivity contribution in [1.82, 2.24) is 0 Å². The van der Waals surface area contributed by atoms with Crippen LogP contribution in [0.5, 0.6) is 23.0 Å². The maximum absolute atomic E-state index is 11.4. The number of aryl methyl sites for hydroxylation is 4. The molecule has 0 aliphatic heterocycles. The van der Waals surface area contributed by atoms with Crippen LogP contribution in [0.4, 0.5) is 0 Å². The van der Waals surface area contributed by atoms with Gasteiger partial charge in [-0.2, -0.15) is 0 Å². The van der Waals surface area contributed by atoms with E-state index in [0.717, 1.165) is 62.9 Å². The number of rotatable bonds is 12. The third kappa shape index (κ3) is 12.7. The average Bonchev–Trinajstić information content (AvgIpc) is 2.99. The highest BCUT2D eigenvalue weighted by Crippen LogP contribution is 2.56. The van der Waals surface area contributed by atoms with Gasteiger partial charge in [0, 0.05) is 0 Å². The molecule has 0 aromatic heterocycles. The molecule has 50 heavy (non-hydrogen) atoms. The van der Waals surface area contributed by atoms with Crippen molar-refractivity contribution >= 4 is 35.9 Å². The second kappa shape index (κ2) is 17.5. The first-order valence-corrected chi connectivity index (χ1v) is 21.8. The van der Waals surface area contributed by atoms with Gasteiger partial charge in [-0.3, -0.25) is 9.13 Å². The fraction of sp³-hybridized carbons (Fsp3) is 0.368. The minimum absolute atomic E-state index is 0.204. The molecule has 4 rings (SSSR count). The van der Waals surface area contributed by atoms with Crippen molar-refractivity contribution in [2.24, 2.45) is 0 Å². The summed E-state index contributed by atoms with van der Waals surface area (Å²) in [5, 5.41) is 19.9. The van der Waals surface area contributed by atoms with Gasteiger partial charge in [0.1, 0.15) is 23.0 Å². The molecular formula is C38H48Cl2O8P2. The predicted octanol–water partition coefficient (Wildman–Crippen LogP) is 11.0. The quantitative estimate of drug-likeness (QED) is 0.105. The van der Waals surface area contributed by atoms with Gasteiger partial charge in [0.2, 0.25) is 0 Å². The molecule has 0 heterocycles. The Kier molecular flexibility index (Phi) is 14.5. The Bertz CT molecular complexity index is 1710. The van der Waals surface area contributed by atoms with Crippen LogP contribution in [0.25, 0.3) is 0 Å². The maximum Gasteiger partial charge on any atom is 0.362 e. The standard InChI is InChI=1S/C19H23Cl2O3P.C19H25O5P/c1-12(2)17-9-15(5-6-19(17)22)10-18-13(3)7-16(8-14(18)4)24-11-25(20,21)23;1-12(2)17-9-15(5-6-19(17)20)10-18-13(3)7-16(8-14(18)4)24-11-25(21,22)23/h5-9,12,22H,10-11H2,1-4H3;5-9,12,20H,10-11H2,1-4H3,(H2,21,22,23). The number of phenolic OH excluding ortho intramolecular Hbond substituents is 2. The maximum atomic E-state index is 11.4. The van der Waals surface area contributed by atoms with Crippen LogP contribution in [0.3, 0.4) is 0 Å². The van der Waals surface area contributed by atoms with E-state index in [1.165, 1.54) is 5.56 Å². The van der Waals surface area contributed by atoms with Crippen molar-refractivity contribution in [1.29, 1.82) is 0 Å². The number of hydrogen-bond donors (Lipinski definition) is 4. The van der Waals surface area contributed by atoms with Crippen LogP contribution in [-0.2, 0) is 22.0 Å². The SMILES string of the molecule is Cc1cc(OCP(=O)(Cl)Cl)cc(C)c1Cc1ccc(O)c(C(C)C)c1.Cc1cc(OCP(=O)(O)O)cc(C)c1Cc1ccc(O)c(C(C)C)c1. The largest absolute Gasteiger partial charge is 0.508 e. The molecular weight excluding hydrogens is 717 g/mol. The van der Waals surface area contributed by atoms with Gasteiger partial charge in [-0.1, -0.05) is 52.0 Å². The molecule has 272 valence electrons. The van der Waals surface area contributed by atoms with Crippen molar-refractivity contribution in [3.8, 4) is 23.0 Å². The number of phenols is 2. The molecule has 4 aromatic rings. The number of benzene rings is 4. The zero-order valence-electron chi connectivity index (χ0n) is 29.8. The zero-order chi connectivity index (χ0) is 37.6. The molecule has 0 aliphatic rings. The van der Waals surface area contributed by atoms with E-state index in [9.17, 15) is 19.3 Å². The molecule has 0 saturated carbocycles. The topological polar surface area (TPSA) is 134 Å². The van der Waals surface area contributed by atoms with E-state index >= 15 is 0 Å². The van der Waals surface area contributed by atoms with Crippen molar-refractivity contribution in [2.75, 3.05) is 12.7 Å². The lowest BCUT2D eigenvalue weighted by molar-refractivity contribution is 0.300. The highest BCUT2D eigenvalue weighted by molar-refractivity contribution is 8.08. The van der Waals surface area contributed by atoms with Crippen LogP contribution < -0.4 is 9.47 Å². The summed E-state index contributed by atoms with van der Waals surface area (Å²) < 4.78 is 33.0. The van der Waals surface area contributed by atoms with E-state index in [2.05, 4.69) is 19.9 Å². The smallest absolute Gasteiger partial charge is 0.362 e. The van der Waals surface area contributed by atoms with E-state index in [1.54, 1.807) is 24.3 Å². The Morgan fingerprint density at radius 2 is 0.940 bits per heavy atom. The summed E-state index contributed by atoms with van der Waals surface area (Å²) in [6.45, 7) is 16.2. The number of hydrogen-bond acceptors (Lipinski definition) is 6. The van der Waals surface area contributed by atoms with Crippen LogP contribution in [0.2, 0.25) is 0 Å². The number of aromatic hydroxyl groups is 2. The first-order chi connectivity index (χ1) is 23.1. The van der Waals surface area contributed by atoms with E-state index in [4.69, 9.17) is 41.7 Å². The van der Waals surface area contributed by atoms with E-state index in [-0.39, 0.29) is 18.2 Å². The second-order valence-corrected chi connectivity index (χ2v) is 20.1. The second-order valence-electron chi connectivity index (χ2n) is 13.3. The van der Waals surface area contributed by atoms with Gasteiger partial charge in [0.05, 0.1) is 0 Å². The molecule has 4 N–H and O–H groups in total. The van der Waals surface area contributed by atoms with Gasteiger partial charge >= 0.3 is 7.60 Å². The first kappa shape index (κ1) is 41.5. The first-order valence-electron chi connectivity index (χ1n) is 16.3. The van der Waals surface area contributed by atoms with Gasteiger partial charge in [-0.05, 0) is 167 Å². The fourth-order valence-electron chi connectivity index (χ4n) is 5.70. The predicted molar refractivity (Wildman–Crippen MR) is 204 cm³/mol. The summed E-state index contributed by atoms with van der Waals surface area (Å²) >= 11 is 11.1. The normalized spacial score (nSPS) is 11.8. The summed E-state index contributed by atoms with van der Waals surface area (Å²) in [5.41, 5.74) is 10.6. The van der Waals surface area contributed by atoms with Crippen LogP contribution in [-0.4, -0.2) is 32.7 Å². The van der Waals surface area contributed by atoms with E-state index in [1.807, 2.05) is 71.9 Å². The highest BCUT2D eigenvalue weighted by atomic mass is 35.9. The summed E-state index contributed by atoms with van der Waals surface area (Å²) in [5.74, 6) is -1.04. The third-order valence-corrected chi connectivity index (χ3v) is 9.79. The summed E-state index contributed by atoms with van der Waals surface area (Å²) in [4.78, 5) is 17.9. The molecule has 0 aliphatic carbocycles. The monoisotopic (exact) mass is 764 g/mol. The van der Waals surface area contributed by atoms with Crippen LogP contribution in [0, 0.1) is 27.7 Å². The van der Waals surface area contributed by atoms with Gasteiger partial charge in [0.15, 0.2) is 12.7 Å². The van der Waals surface area contributed by atoms with Crippen LogP contribution in [0.1, 0.15) is 95.2 Å². The third-order valence-electron chi connectivity index (χ3n) is 8.31. The highest BCUT2D eigenvalue weighted by Gasteiger charge is 2.17. The lowest BCUT2D eigenvalue weighted by Gasteiger charge is -2.15. The van der Waals surface area contributed by atoms with Gasteiger partial charge < -0.3 is 29.5 Å². The zero-order valence-corrected chi connectivity index (χ0v) is 33.1. The lowest BCUT2D eigenvalue weighted by atomic mass is 9.93. The molecule has 8 nitrogen and oxygen atoms in total. The van der Waals surface area contributed by atoms with Crippen molar-refractivity contribution in [2.45, 2.75) is 80.1 Å². The summed E-state index contributed by atoms with van der Waals surface area (Å²) in [7, 11) is -4.19. The Balaban J connectivity index is 0.000000270. The van der Waals surface area contributed by atoms with Gasteiger partial charge in [-0.25, -0.2) is 0 Å². The molecule has 0 fully saturated rings. The minimum atomic E-state index is -4.19.